The van der Waals surface area contributed by atoms with Gasteiger partial charge in [-0.25, -0.2) is 4.98 Å². The summed E-state index contributed by atoms with van der Waals surface area (Å²) >= 11 is 0. The Hall–Kier alpha value is -1.88. The highest BCUT2D eigenvalue weighted by Gasteiger charge is 2.25. The van der Waals surface area contributed by atoms with Crippen LogP contribution < -0.4 is 5.32 Å². The van der Waals surface area contributed by atoms with Gasteiger partial charge in [-0.05, 0) is 63.7 Å². The number of pyridine rings is 1. The van der Waals surface area contributed by atoms with Gasteiger partial charge in [-0.2, -0.15) is 4.52 Å². The van der Waals surface area contributed by atoms with Crippen molar-refractivity contribution in [2.75, 3.05) is 25.5 Å². The maximum absolute atomic E-state index is 4.70. The Morgan fingerprint density at radius 3 is 2.96 bits per heavy atom. The SMILES string of the molecule is C=C(Cc1nc2cccc(NCCC3CCCN3C)n2n1)C1CC1. The first-order valence-electron chi connectivity index (χ1n) is 9.17. The van der Waals surface area contributed by atoms with Gasteiger partial charge in [-0.1, -0.05) is 18.2 Å². The van der Waals surface area contributed by atoms with Crippen LogP contribution in [0.15, 0.2) is 30.4 Å². The Labute approximate surface area is 143 Å². The molecule has 2 aliphatic rings. The second kappa shape index (κ2) is 6.55. The van der Waals surface area contributed by atoms with Gasteiger partial charge in [0.25, 0.3) is 0 Å². The van der Waals surface area contributed by atoms with E-state index in [4.69, 9.17) is 5.10 Å². The molecule has 2 fully saturated rings. The summed E-state index contributed by atoms with van der Waals surface area (Å²) in [5.41, 5.74) is 2.20. The molecule has 0 amide bonds. The summed E-state index contributed by atoms with van der Waals surface area (Å²) in [5.74, 6) is 2.62. The van der Waals surface area contributed by atoms with Crippen LogP contribution in [0, 0.1) is 5.92 Å². The van der Waals surface area contributed by atoms with Crippen LogP contribution in [0.25, 0.3) is 5.65 Å². The van der Waals surface area contributed by atoms with E-state index in [1.807, 2.05) is 16.6 Å². The van der Waals surface area contributed by atoms with E-state index in [-0.39, 0.29) is 0 Å². The number of nitrogens with one attached hydrogen (secondary N) is 1. The van der Waals surface area contributed by atoms with Crippen LogP contribution in [0.1, 0.15) is 37.9 Å². The zero-order chi connectivity index (χ0) is 16.5. The fourth-order valence-corrected chi connectivity index (χ4v) is 3.71. The Bertz CT molecular complexity index is 730. The molecule has 24 heavy (non-hydrogen) atoms. The molecule has 0 aromatic carbocycles. The number of fused-ring (bicyclic) bond motifs is 1. The third-order valence-electron chi connectivity index (χ3n) is 5.40. The molecular formula is C19H27N5. The Kier molecular flexibility index (Phi) is 4.27. The molecule has 2 aromatic heterocycles. The summed E-state index contributed by atoms with van der Waals surface area (Å²) in [7, 11) is 2.23. The first-order chi connectivity index (χ1) is 11.7. The van der Waals surface area contributed by atoms with Crippen LogP contribution in [-0.2, 0) is 6.42 Å². The van der Waals surface area contributed by atoms with E-state index in [0.29, 0.717) is 12.0 Å². The number of allylic oxidation sites excluding steroid dienone is 1. The minimum atomic E-state index is 0.706. The van der Waals surface area contributed by atoms with E-state index in [2.05, 4.69) is 34.9 Å². The molecule has 1 unspecified atom stereocenters. The van der Waals surface area contributed by atoms with Crippen LogP contribution in [0.5, 0.6) is 0 Å². The molecule has 0 radical (unpaired) electrons. The lowest BCUT2D eigenvalue weighted by Gasteiger charge is -2.19. The van der Waals surface area contributed by atoms with E-state index in [1.165, 1.54) is 44.2 Å². The van der Waals surface area contributed by atoms with E-state index < -0.39 is 0 Å². The van der Waals surface area contributed by atoms with Crippen molar-refractivity contribution in [3.05, 3.63) is 36.2 Å². The Morgan fingerprint density at radius 1 is 1.33 bits per heavy atom. The Balaban J connectivity index is 1.42. The first-order valence-corrected chi connectivity index (χ1v) is 9.17. The van der Waals surface area contributed by atoms with Crippen molar-refractivity contribution in [3.63, 3.8) is 0 Å². The number of hydrogen-bond donors (Lipinski definition) is 1. The number of aromatic nitrogens is 3. The smallest absolute Gasteiger partial charge is 0.158 e. The van der Waals surface area contributed by atoms with Crippen molar-refractivity contribution >= 4 is 11.5 Å². The second-order valence-corrected chi connectivity index (χ2v) is 7.31. The van der Waals surface area contributed by atoms with Crippen LogP contribution in [0.3, 0.4) is 0 Å². The zero-order valence-electron chi connectivity index (χ0n) is 14.5. The summed E-state index contributed by atoms with van der Waals surface area (Å²) < 4.78 is 1.94. The highest BCUT2D eigenvalue weighted by Crippen LogP contribution is 2.36. The third kappa shape index (κ3) is 3.31. The van der Waals surface area contributed by atoms with Gasteiger partial charge in [-0.3, -0.25) is 0 Å². The van der Waals surface area contributed by atoms with Gasteiger partial charge in [0.2, 0.25) is 0 Å². The number of anilines is 1. The first kappa shape index (κ1) is 15.6. The maximum Gasteiger partial charge on any atom is 0.158 e. The average Bonchev–Trinajstić information content (AvgIpc) is 3.23. The molecular weight excluding hydrogens is 298 g/mol. The van der Waals surface area contributed by atoms with Crippen molar-refractivity contribution in [1.82, 2.24) is 19.5 Å². The lowest BCUT2D eigenvalue weighted by Crippen LogP contribution is -2.27. The van der Waals surface area contributed by atoms with Crippen LogP contribution >= 0.6 is 0 Å². The molecule has 5 heteroatoms. The molecule has 0 spiro atoms. The summed E-state index contributed by atoms with van der Waals surface area (Å²) in [6, 6.07) is 6.87. The van der Waals surface area contributed by atoms with Crippen molar-refractivity contribution < 1.29 is 0 Å². The number of nitrogens with zero attached hydrogens (tertiary/aromatic N) is 4. The molecule has 128 valence electrons. The normalized spacial score (nSPS) is 21.5. The van der Waals surface area contributed by atoms with Crippen LogP contribution in [0.4, 0.5) is 5.82 Å². The number of hydrogen-bond acceptors (Lipinski definition) is 4. The van der Waals surface area contributed by atoms with Crippen molar-refractivity contribution in [2.24, 2.45) is 5.92 Å². The van der Waals surface area contributed by atoms with E-state index in [9.17, 15) is 0 Å². The largest absolute Gasteiger partial charge is 0.370 e. The molecule has 1 N–H and O–H groups in total. The van der Waals surface area contributed by atoms with E-state index in [1.54, 1.807) is 0 Å². The lowest BCUT2D eigenvalue weighted by atomic mass is 10.1. The molecule has 2 aromatic rings. The third-order valence-corrected chi connectivity index (χ3v) is 5.40. The molecule has 5 nitrogen and oxygen atoms in total. The van der Waals surface area contributed by atoms with Gasteiger partial charge in [0.15, 0.2) is 11.5 Å². The minimum Gasteiger partial charge on any atom is -0.370 e. The fourth-order valence-electron chi connectivity index (χ4n) is 3.71. The second-order valence-electron chi connectivity index (χ2n) is 7.31. The highest BCUT2D eigenvalue weighted by molar-refractivity contribution is 5.48. The summed E-state index contributed by atoms with van der Waals surface area (Å²) in [4.78, 5) is 7.14. The molecule has 1 saturated heterocycles. The molecule has 3 heterocycles. The van der Waals surface area contributed by atoms with Crippen molar-refractivity contribution in [2.45, 2.75) is 44.6 Å². The van der Waals surface area contributed by atoms with Gasteiger partial charge in [0, 0.05) is 19.0 Å². The quantitative estimate of drug-likeness (QED) is 0.795. The van der Waals surface area contributed by atoms with Crippen LogP contribution in [0.2, 0.25) is 0 Å². The predicted octanol–water partition coefficient (Wildman–Crippen LogP) is 3.13. The lowest BCUT2D eigenvalue weighted by molar-refractivity contribution is 0.301. The topological polar surface area (TPSA) is 45.5 Å². The molecule has 4 rings (SSSR count). The van der Waals surface area contributed by atoms with Gasteiger partial charge >= 0.3 is 0 Å². The Morgan fingerprint density at radius 2 is 2.21 bits per heavy atom. The highest BCUT2D eigenvalue weighted by atomic mass is 15.3. The molecule has 1 atom stereocenters. The maximum atomic E-state index is 4.70. The van der Waals surface area contributed by atoms with Gasteiger partial charge in [-0.15, -0.1) is 5.10 Å². The minimum absolute atomic E-state index is 0.706. The standard InChI is InChI=1S/C19H27N5/c1-14(15-8-9-15)13-17-21-19-7-3-6-18(24(19)22-17)20-11-10-16-5-4-12-23(16)2/h3,6-7,15-16,20H,1,4-5,8-13H2,2H3. The monoisotopic (exact) mass is 325 g/mol. The van der Waals surface area contributed by atoms with Gasteiger partial charge < -0.3 is 10.2 Å². The average molecular weight is 325 g/mol. The number of likely N-dealkylation sites (tertiary alicyclic amines) is 1. The summed E-state index contributed by atoms with van der Waals surface area (Å²) in [6.45, 7) is 6.40. The predicted molar refractivity (Wildman–Crippen MR) is 97.3 cm³/mol. The zero-order valence-corrected chi connectivity index (χ0v) is 14.5. The summed E-state index contributed by atoms with van der Waals surface area (Å²) in [6.07, 6.45) is 7.20. The molecule has 1 aliphatic carbocycles. The van der Waals surface area contributed by atoms with Gasteiger partial charge in [0.1, 0.15) is 5.82 Å². The van der Waals surface area contributed by atoms with Gasteiger partial charge in [0.05, 0.1) is 0 Å². The fraction of sp³-hybridized carbons (Fsp3) is 0.579. The number of rotatable bonds is 7. The van der Waals surface area contributed by atoms with E-state index in [0.717, 1.165) is 30.3 Å². The van der Waals surface area contributed by atoms with E-state index >= 15 is 0 Å². The molecule has 1 aliphatic heterocycles. The molecule has 1 saturated carbocycles. The van der Waals surface area contributed by atoms with Crippen molar-refractivity contribution in [3.8, 4) is 0 Å². The van der Waals surface area contributed by atoms with Crippen molar-refractivity contribution in [1.29, 1.82) is 0 Å². The summed E-state index contributed by atoms with van der Waals surface area (Å²) in [5, 5.41) is 8.25. The van der Waals surface area contributed by atoms with Crippen LogP contribution in [-0.4, -0.2) is 45.7 Å². The molecule has 0 bridgehead atoms.